The molecule has 0 saturated carbocycles. The van der Waals surface area contributed by atoms with Gasteiger partial charge in [0.2, 0.25) is 11.6 Å². The number of aromatic nitrogens is 2. The number of aryl methyl sites for hydroxylation is 1. The van der Waals surface area contributed by atoms with Gasteiger partial charge in [-0.1, -0.05) is 44.7 Å². The lowest BCUT2D eigenvalue weighted by molar-refractivity contribution is -0.383. The molecule has 2 rings (SSSR count). The number of hydrogen-bond donors (Lipinski definition) is 1. The second-order valence-electron chi connectivity index (χ2n) is 8.09. The van der Waals surface area contributed by atoms with Crippen LogP contribution in [-0.2, 0) is 0 Å². The summed E-state index contributed by atoms with van der Waals surface area (Å²) >= 11 is 1.30. The van der Waals surface area contributed by atoms with E-state index in [1.165, 1.54) is 18.8 Å². The van der Waals surface area contributed by atoms with E-state index in [2.05, 4.69) is 41.0 Å². The first-order valence-electron chi connectivity index (χ1n) is 9.30. The van der Waals surface area contributed by atoms with Crippen molar-refractivity contribution in [2.24, 2.45) is 10.4 Å². The van der Waals surface area contributed by atoms with E-state index in [1.54, 1.807) is 30.1 Å². The zero-order valence-electron chi connectivity index (χ0n) is 18.3. The molecule has 9 nitrogen and oxygen atoms in total. The van der Waals surface area contributed by atoms with Gasteiger partial charge in [0.05, 0.1) is 4.92 Å². The topological polar surface area (TPSA) is 120 Å². The van der Waals surface area contributed by atoms with Crippen molar-refractivity contribution in [3.8, 4) is 0 Å². The smallest absolute Gasteiger partial charge is 0.353 e. The summed E-state index contributed by atoms with van der Waals surface area (Å²) in [6, 6.07) is 5.05. The summed E-state index contributed by atoms with van der Waals surface area (Å²) in [6.45, 7) is 8.56. The van der Waals surface area contributed by atoms with Gasteiger partial charge in [0, 0.05) is 26.3 Å². The Labute approximate surface area is 180 Å². The van der Waals surface area contributed by atoms with E-state index in [-0.39, 0.29) is 28.6 Å². The average Bonchev–Trinajstić information content (AvgIpc) is 2.66. The molecule has 0 bridgehead atoms. The maximum atomic E-state index is 12.0. The molecule has 0 atom stereocenters. The molecule has 2 aromatic rings. The molecule has 0 fully saturated rings. The SMILES string of the molecule is CN=C([O-])c1ccc(C)c(Nc2nc(SC)nc(N(C)CC(C)(C)C)c2[N+](=O)[O-])c1. The number of thioether (sulfide) groups is 1. The number of aliphatic imine (C=N–C) groups is 1. The first-order chi connectivity index (χ1) is 14.0. The Balaban J connectivity index is 2.63. The van der Waals surface area contributed by atoms with Crippen molar-refractivity contribution in [3.63, 3.8) is 0 Å². The Morgan fingerprint density at radius 2 is 2.00 bits per heavy atom. The van der Waals surface area contributed by atoms with Crippen molar-refractivity contribution >= 4 is 40.7 Å². The standard InChI is InChI=1S/C20H28N6O3S/c1-12-8-9-13(18(27)21-5)10-14(12)22-16-15(26(28)29)17(24-19(23-16)30-7)25(6)11-20(2,3)4/h8-10H,11H2,1-7H3,(H,21,27)(H,22,23,24)/p-1. The molecule has 0 aliphatic heterocycles. The number of nitrogens with one attached hydrogen (secondary N) is 1. The number of benzene rings is 1. The molecule has 1 aromatic carbocycles. The molecule has 0 radical (unpaired) electrons. The third kappa shape index (κ3) is 5.59. The quantitative estimate of drug-likeness (QED) is 0.177. The zero-order chi connectivity index (χ0) is 22.6. The predicted octanol–water partition coefficient (Wildman–Crippen LogP) is 3.38. The van der Waals surface area contributed by atoms with Gasteiger partial charge in [-0.2, -0.15) is 9.97 Å². The molecule has 0 spiro atoms. The molecular weight excluding hydrogens is 404 g/mol. The van der Waals surface area contributed by atoms with E-state index < -0.39 is 4.92 Å². The molecule has 0 saturated heterocycles. The van der Waals surface area contributed by atoms with Crippen LogP contribution in [0.4, 0.5) is 23.0 Å². The van der Waals surface area contributed by atoms with Gasteiger partial charge in [-0.3, -0.25) is 10.1 Å². The van der Waals surface area contributed by atoms with E-state index in [0.29, 0.717) is 23.0 Å². The fraction of sp³-hybridized carbons (Fsp3) is 0.450. The minimum absolute atomic E-state index is 0.0799. The van der Waals surface area contributed by atoms with Crippen molar-refractivity contribution < 1.29 is 10.0 Å². The molecule has 0 aliphatic rings. The highest BCUT2D eigenvalue weighted by Gasteiger charge is 2.29. The number of rotatable bonds is 7. The summed E-state index contributed by atoms with van der Waals surface area (Å²) in [5, 5.41) is 27.4. The molecular formula is C20H27N6O3S-. The molecule has 10 heteroatoms. The maximum Gasteiger partial charge on any atom is 0.353 e. The van der Waals surface area contributed by atoms with Gasteiger partial charge in [-0.25, -0.2) is 0 Å². The van der Waals surface area contributed by atoms with Crippen molar-refractivity contribution in [1.29, 1.82) is 0 Å². The summed E-state index contributed by atoms with van der Waals surface area (Å²) in [5.41, 5.74) is 1.44. The molecule has 0 aliphatic carbocycles. The monoisotopic (exact) mass is 431 g/mol. The van der Waals surface area contributed by atoms with Crippen LogP contribution in [-0.4, -0.2) is 47.7 Å². The summed E-state index contributed by atoms with van der Waals surface area (Å²) in [7, 11) is 3.20. The third-order valence-corrected chi connectivity index (χ3v) is 4.77. The zero-order valence-corrected chi connectivity index (χ0v) is 19.1. The van der Waals surface area contributed by atoms with Gasteiger partial charge in [0.1, 0.15) is 0 Å². The van der Waals surface area contributed by atoms with Crippen LogP contribution in [0.5, 0.6) is 0 Å². The Bertz CT molecular complexity index is 972. The van der Waals surface area contributed by atoms with Crippen molar-refractivity contribution in [2.45, 2.75) is 32.9 Å². The van der Waals surface area contributed by atoms with Gasteiger partial charge in [-0.15, -0.1) is 0 Å². The van der Waals surface area contributed by atoms with Gasteiger partial charge in [0.25, 0.3) is 0 Å². The van der Waals surface area contributed by atoms with Crippen LogP contribution in [0.2, 0.25) is 0 Å². The molecule has 0 unspecified atom stereocenters. The minimum atomic E-state index is -0.480. The van der Waals surface area contributed by atoms with Gasteiger partial charge in [-0.05, 0) is 41.7 Å². The Morgan fingerprint density at radius 3 is 2.53 bits per heavy atom. The van der Waals surface area contributed by atoms with Crippen molar-refractivity contribution in [1.82, 2.24) is 9.97 Å². The van der Waals surface area contributed by atoms with E-state index in [9.17, 15) is 15.2 Å². The molecule has 30 heavy (non-hydrogen) atoms. The van der Waals surface area contributed by atoms with E-state index >= 15 is 0 Å². The fourth-order valence-corrected chi connectivity index (χ4v) is 3.33. The number of hydrogen-bond acceptors (Lipinski definition) is 9. The number of nitrogens with zero attached hydrogens (tertiary/aromatic N) is 5. The average molecular weight is 432 g/mol. The molecule has 0 amide bonds. The molecule has 1 N–H and O–H groups in total. The normalized spacial score (nSPS) is 12.0. The largest absolute Gasteiger partial charge is 0.859 e. The van der Waals surface area contributed by atoms with E-state index in [4.69, 9.17) is 0 Å². The van der Waals surface area contributed by atoms with Crippen LogP contribution in [0.1, 0.15) is 31.9 Å². The van der Waals surface area contributed by atoms with E-state index in [0.717, 1.165) is 5.56 Å². The summed E-state index contributed by atoms with van der Waals surface area (Å²) in [5.74, 6) is -0.0490. The van der Waals surface area contributed by atoms with E-state index in [1.807, 2.05) is 13.2 Å². The second-order valence-corrected chi connectivity index (χ2v) is 8.86. The van der Waals surface area contributed by atoms with Crippen LogP contribution in [0, 0.1) is 22.5 Å². The first kappa shape index (κ1) is 23.4. The highest BCUT2D eigenvalue weighted by Crippen LogP contribution is 2.37. The summed E-state index contributed by atoms with van der Waals surface area (Å²) in [4.78, 5) is 25.7. The van der Waals surface area contributed by atoms with Gasteiger partial charge >= 0.3 is 5.69 Å². The Morgan fingerprint density at radius 1 is 1.33 bits per heavy atom. The van der Waals surface area contributed by atoms with Gasteiger partial charge < -0.3 is 20.3 Å². The fourth-order valence-electron chi connectivity index (χ4n) is 2.97. The van der Waals surface area contributed by atoms with Crippen LogP contribution in [0.15, 0.2) is 28.3 Å². The van der Waals surface area contributed by atoms with Crippen LogP contribution in [0.3, 0.4) is 0 Å². The number of anilines is 3. The lowest BCUT2D eigenvalue weighted by Crippen LogP contribution is -2.30. The minimum Gasteiger partial charge on any atom is -0.859 e. The molecule has 1 heterocycles. The molecule has 1 aromatic heterocycles. The molecule has 162 valence electrons. The van der Waals surface area contributed by atoms with Crippen LogP contribution >= 0.6 is 11.8 Å². The van der Waals surface area contributed by atoms with Gasteiger partial charge in [0.15, 0.2) is 5.16 Å². The summed E-state index contributed by atoms with van der Waals surface area (Å²) in [6.07, 6.45) is 1.81. The summed E-state index contributed by atoms with van der Waals surface area (Å²) < 4.78 is 0. The van der Waals surface area contributed by atoms with Crippen molar-refractivity contribution in [3.05, 3.63) is 39.4 Å². The second kappa shape index (κ2) is 9.29. The Kier molecular flexibility index (Phi) is 7.25. The predicted molar refractivity (Wildman–Crippen MR) is 120 cm³/mol. The van der Waals surface area contributed by atoms with Crippen LogP contribution < -0.4 is 15.3 Å². The third-order valence-electron chi connectivity index (χ3n) is 4.22. The first-order valence-corrected chi connectivity index (χ1v) is 10.5. The van der Waals surface area contributed by atoms with Crippen molar-refractivity contribution in [2.75, 3.05) is 37.1 Å². The lowest BCUT2D eigenvalue weighted by Gasteiger charge is -2.27. The highest BCUT2D eigenvalue weighted by molar-refractivity contribution is 7.98. The highest BCUT2D eigenvalue weighted by atomic mass is 32.2. The Hall–Kier alpha value is -2.88. The van der Waals surface area contributed by atoms with Crippen LogP contribution in [0.25, 0.3) is 0 Å². The lowest BCUT2D eigenvalue weighted by atomic mass is 9.96. The maximum absolute atomic E-state index is 12.0. The number of nitro groups is 1.